The van der Waals surface area contributed by atoms with E-state index in [1.165, 1.54) is 24.8 Å². The summed E-state index contributed by atoms with van der Waals surface area (Å²) < 4.78 is 78.3. The van der Waals surface area contributed by atoms with E-state index in [9.17, 15) is 30.4 Å². The van der Waals surface area contributed by atoms with E-state index < -0.39 is 37.0 Å². The smallest absolute Gasteiger partial charge is 0.260 e. The summed E-state index contributed by atoms with van der Waals surface area (Å²) in [7, 11) is -7.60. The van der Waals surface area contributed by atoms with Gasteiger partial charge in [0.2, 0.25) is 5.91 Å². The second kappa shape index (κ2) is 8.70. The molecule has 1 atom stereocenters. The zero-order valence-corrected chi connectivity index (χ0v) is 19.1. The minimum absolute atomic E-state index is 0.0393. The van der Waals surface area contributed by atoms with Crippen molar-refractivity contribution in [3.8, 4) is 0 Å². The Morgan fingerprint density at radius 1 is 1.13 bits per heavy atom. The molecule has 0 bridgehead atoms. The normalized spacial score (nSPS) is 23.1. The summed E-state index contributed by atoms with van der Waals surface area (Å²) in [5.41, 5.74) is 0. The molecule has 8 nitrogen and oxygen atoms in total. The maximum absolute atomic E-state index is 13.4. The molecule has 3 heterocycles. The van der Waals surface area contributed by atoms with Crippen LogP contribution in [0, 0.1) is 5.92 Å². The Morgan fingerprint density at radius 2 is 1.77 bits per heavy atom. The number of sulfone groups is 1. The van der Waals surface area contributed by atoms with Gasteiger partial charge in [0.1, 0.15) is 0 Å². The first-order valence-electron chi connectivity index (χ1n) is 10.2. The van der Waals surface area contributed by atoms with Crippen molar-refractivity contribution in [2.24, 2.45) is 5.92 Å². The van der Waals surface area contributed by atoms with Gasteiger partial charge in [0, 0.05) is 45.2 Å². The number of sulfonamides is 1. The second-order valence-electron chi connectivity index (χ2n) is 8.31. The molecule has 2 aliphatic rings. The van der Waals surface area contributed by atoms with Crippen LogP contribution in [-0.2, 0) is 24.7 Å². The average Bonchev–Trinajstić information content (AvgIpc) is 2.73. The van der Waals surface area contributed by atoms with Crippen molar-refractivity contribution >= 4 is 25.8 Å². The zero-order valence-electron chi connectivity index (χ0n) is 17.5. The Hall–Kier alpha value is -1.66. The van der Waals surface area contributed by atoms with E-state index in [4.69, 9.17) is 0 Å². The molecule has 2 aliphatic heterocycles. The number of carbonyl (C=O) groups excluding carboxylic acids is 1. The summed E-state index contributed by atoms with van der Waals surface area (Å²) >= 11 is 0. The summed E-state index contributed by atoms with van der Waals surface area (Å²) in [4.78, 5) is 18.0. The molecule has 1 unspecified atom stereocenters. The van der Waals surface area contributed by atoms with Gasteiger partial charge in [0.05, 0.1) is 16.1 Å². The van der Waals surface area contributed by atoms with Gasteiger partial charge in [0.25, 0.3) is 15.9 Å². The van der Waals surface area contributed by atoms with Gasteiger partial charge >= 0.3 is 0 Å². The summed E-state index contributed by atoms with van der Waals surface area (Å²) in [6.07, 6.45) is 1.20. The molecule has 0 N–H and O–H groups in total. The highest BCUT2D eigenvalue weighted by molar-refractivity contribution is 7.92. The van der Waals surface area contributed by atoms with Gasteiger partial charge in [-0.05, 0) is 38.8 Å². The van der Waals surface area contributed by atoms with Gasteiger partial charge in [-0.2, -0.15) is 4.31 Å². The summed E-state index contributed by atoms with van der Waals surface area (Å²) in [5.74, 6) is -3.67. The highest BCUT2D eigenvalue weighted by atomic mass is 32.2. The van der Waals surface area contributed by atoms with E-state index in [2.05, 4.69) is 4.98 Å². The lowest BCUT2D eigenvalue weighted by molar-refractivity contribution is -0.142. The lowest BCUT2D eigenvalue weighted by Crippen LogP contribution is -2.50. The number of nitrogens with zero attached hydrogens (tertiary/aromatic N) is 3. The van der Waals surface area contributed by atoms with Gasteiger partial charge in [-0.25, -0.2) is 30.6 Å². The van der Waals surface area contributed by atoms with Crippen molar-refractivity contribution in [1.82, 2.24) is 14.2 Å². The summed E-state index contributed by atoms with van der Waals surface area (Å²) in [5, 5.41) is -0.957. The first kappa shape index (κ1) is 24.0. The molecular weight excluding hydrogens is 452 g/mol. The largest absolute Gasteiger partial charge is 0.342 e. The number of alkyl halides is 2. The fourth-order valence-corrected chi connectivity index (χ4v) is 6.20. The van der Waals surface area contributed by atoms with Crippen LogP contribution in [-0.4, -0.2) is 74.3 Å². The second-order valence-corrected chi connectivity index (χ2v) is 12.7. The molecule has 0 aromatic carbocycles. The number of rotatable bonds is 5. The van der Waals surface area contributed by atoms with E-state index in [0.717, 1.165) is 16.6 Å². The zero-order chi connectivity index (χ0) is 23.0. The molecule has 1 aromatic heterocycles. The molecule has 0 aliphatic carbocycles. The van der Waals surface area contributed by atoms with Crippen molar-refractivity contribution in [3.63, 3.8) is 0 Å². The number of piperidine rings is 2. The third-order valence-corrected chi connectivity index (χ3v) is 9.72. The third-order valence-electron chi connectivity index (χ3n) is 5.80. The van der Waals surface area contributed by atoms with Gasteiger partial charge in [-0.3, -0.25) is 4.79 Å². The number of pyridine rings is 1. The fourth-order valence-electron chi connectivity index (χ4n) is 3.77. The number of hydrogen-bond acceptors (Lipinski definition) is 6. The predicted octanol–water partition coefficient (Wildman–Crippen LogP) is 1.92. The Kier molecular flexibility index (Phi) is 6.73. The topological polar surface area (TPSA) is 105 Å². The van der Waals surface area contributed by atoms with Gasteiger partial charge in [0.15, 0.2) is 14.9 Å². The molecule has 31 heavy (non-hydrogen) atoms. The molecule has 2 saturated heterocycles. The van der Waals surface area contributed by atoms with Crippen LogP contribution in [0.5, 0.6) is 0 Å². The SMILES string of the molecule is CC(C)S(=O)(=O)c1ccc(S(=O)(=O)N2CCCC(C(=O)N3CCC(F)(F)CC3)C2)nc1. The van der Waals surface area contributed by atoms with E-state index in [1.54, 1.807) is 0 Å². The maximum Gasteiger partial charge on any atom is 0.260 e. The van der Waals surface area contributed by atoms with Crippen LogP contribution in [0.3, 0.4) is 0 Å². The third kappa shape index (κ3) is 5.06. The molecule has 0 radical (unpaired) electrons. The first-order chi connectivity index (χ1) is 14.3. The summed E-state index contributed by atoms with van der Waals surface area (Å²) in [6, 6.07) is 2.37. The lowest BCUT2D eigenvalue weighted by atomic mass is 9.96. The number of halogens is 2. The monoisotopic (exact) mass is 479 g/mol. The van der Waals surface area contributed by atoms with E-state index in [-0.39, 0.29) is 54.8 Å². The standard InChI is InChI=1S/C19H27F2N3O5S2/c1-14(2)30(26,27)16-5-6-17(22-12-16)31(28,29)24-9-3-4-15(13-24)18(25)23-10-7-19(20,21)8-11-23/h5-6,12,14-15H,3-4,7-11,13H2,1-2H3. The highest BCUT2D eigenvalue weighted by Gasteiger charge is 2.40. The van der Waals surface area contributed by atoms with E-state index >= 15 is 0 Å². The average molecular weight is 480 g/mol. The molecule has 1 amide bonds. The molecule has 3 rings (SSSR count). The minimum atomic E-state index is -4.02. The van der Waals surface area contributed by atoms with Crippen molar-refractivity contribution < 1.29 is 30.4 Å². The van der Waals surface area contributed by atoms with Crippen LogP contribution >= 0.6 is 0 Å². The molecule has 174 valence electrons. The van der Waals surface area contributed by atoms with Crippen LogP contribution in [0.1, 0.15) is 39.5 Å². The Labute approximate surface area is 181 Å². The molecule has 2 fully saturated rings. The molecule has 0 spiro atoms. The summed E-state index contributed by atoms with van der Waals surface area (Å²) in [6.45, 7) is 3.12. The Balaban J connectivity index is 1.72. The number of aromatic nitrogens is 1. The molecule has 1 aromatic rings. The number of likely N-dealkylation sites (tertiary alicyclic amines) is 1. The molecule has 0 saturated carbocycles. The van der Waals surface area contributed by atoms with Crippen molar-refractivity contribution in [2.75, 3.05) is 26.2 Å². The fraction of sp³-hybridized carbons (Fsp3) is 0.684. The van der Waals surface area contributed by atoms with Crippen LogP contribution in [0.2, 0.25) is 0 Å². The highest BCUT2D eigenvalue weighted by Crippen LogP contribution is 2.30. The predicted molar refractivity (Wildman–Crippen MR) is 109 cm³/mol. The van der Waals surface area contributed by atoms with E-state index in [1.807, 2.05) is 0 Å². The van der Waals surface area contributed by atoms with Gasteiger partial charge in [-0.15, -0.1) is 0 Å². The maximum atomic E-state index is 13.4. The van der Waals surface area contributed by atoms with Gasteiger partial charge < -0.3 is 4.90 Å². The minimum Gasteiger partial charge on any atom is -0.342 e. The van der Waals surface area contributed by atoms with Crippen LogP contribution in [0.25, 0.3) is 0 Å². The van der Waals surface area contributed by atoms with Crippen molar-refractivity contribution in [1.29, 1.82) is 0 Å². The van der Waals surface area contributed by atoms with E-state index in [0.29, 0.717) is 12.8 Å². The van der Waals surface area contributed by atoms with Crippen molar-refractivity contribution in [2.45, 2.75) is 60.6 Å². The number of hydrogen-bond donors (Lipinski definition) is 0. The van der Waals surface area contributed by atoms with Crippen LogP contribution in [0.4, 0.5) is 8.78 Å². The van der Waals surface area contributed by atoms with Gasteiger partial charge in [-0.1, -0.05) is 0 Å². The lowest BCUT2D eigenvalue weighted by Gasteiger charge is -2.37. The Bertz CT molecular complexity index is 1020. The van der Waals surface area contributed by atoms with Crippen molar-refractivity contribution in [3.05, 3.63) is 18.3 Å². The van der Waals surface area contributed by atoms with Crippen LogP contribution in [0.15, 0.2) is 28.3 Å². The number of amides is 1. The van der Waals surface area contributed by atoms with Crippen LogP contribution < -0.4 is 0 Å². The molecular formula is C19H27F2N3O5S2. The number of carbonyl (C=O) groups is 1. The molecule has 12 heteroatoms. The quantitative estimate of drug-likeness (QED) is 0.639. The first-order valence-corrected chi connectivity index (χ1v) is 13.2. The Morgan fingerprint density at radius 3 is 2.32 bits per heavy atom.